The molecule has 0 bridgehead atoms. The minimum absolute atomic E-state index is 0.107. The number of fused-ring (bicyclic) bond motifs is 1. The number of nitrogens with zero attached hydrogens (tertiary/aromatic N) is 1. The fourth-order valence-corrected chi connectivity index (χ4v) is 3.41. The Balaban J connectivity index is 1.75. The van der Waals surface area contributed by atoms with Crippen molar-refractivity contribution in [1.82, 2.24) is 9.97 Å². The van der Waals surface area contributed by atoms with Crippen molar-refractivity contribution >= 4 is 22.4 Å². The average Bonchev–Trinajstić information content (AvgIpc) is 3.11. The lowest BCUT2D eigenvalue weighted by Gasteiger charge is -2.19. The van der Waals surface area contributed by atoms with Gasteiger partial charge < -0.3 is 16.0 Å². The highest BCUT2D eigenvalue weighted by Gasteiger charge is 2.15. The number of imidazole rings is 1. The third kappa shape index (κ3) is 3.33. The van der Waals surface area contributed by atoms with E-state index in [-0.39, 0.29) is 5.41 Å². The van der Waals surface area contributed by atoms with Crippen LogP contribution in [0.4, 0.5) is 11.4 Å². The molecule has 0 unspecified atom stereocenters. The van der Waals surface area contributed by atoms with E-state index in [0.29, 0.717) is 0 Å². The molecule has 0 saturated heterocycles. The van der Waals surface area contributed by atoms with Crippen molar-refractivity contribution < 1.29 is 0 Å². The van der Waals surface area contributed by atoms with Gasteiger partial charge >= 0.3 is 0 Å². The van der Waals surface area contributed by atoms with Gasteiger partial charge in [0.25, 0.3) is 0 Å². The Bertz CT molecular complexity index is 1150. The minimum Gasteiger partial charge on any atom is -0.397 e. The van der Waals surface area contributed by atoms with Gasteiger partial charge in [-0.15, -0.1) is 0 Å². The van der Waals surface area contributed by atoms with E-state index in [2.05, 4.69) is 79.6 Å². The number of nitrogens with one attached hydrogen (secondary N) is 2. The number of nitrogens with two attached hydrogens (primary N) is 1. The molecule has 142 valence electrons. The van der Waals surface area contributed by atoms with Crippen LogP contribution in [0, 0.1) is 0 Å². The van der Waals surface area contributed by atoms with Gasteiger partial charge in [0.15, 0.2) is 0 Å². The van der Waals surface area contributed by atoms with E-state index in [9.17, 15) is 0 Å². The maximum Gasteiger partial charge on any atom is 0.138 e. The molecule has 0 radical (unpaired) electrons. The van der Waals surface area contributed by atoms with E-state index in [0.717, 1.165) is 44.9 Å². The smallest absolute Gasteiger partial charge is 0.138 e. The fraction of sp³-hybridized carbons (Fsp3) is 0.208. The third-order valence-corrected chi connectivity index (χ3v) is 5.14. The van der Waals surface area contributed by atoms with Crippen molar-refractivity contribution in [3.05, 3.63) is 66.2 Å². The molecular weight excluding hydrogens is 344 g/mol. The Morgan fingerprint density at radius 3 is 2.39 bits per heavy atom. The van der Waals surface area contributed by atoms with E-state index in [1.807, 2.05) is 19.2 Å². The summed E-state index contributed by atoms with van der Waals surface area (Å²) in [5, 5.41) is 3.14. The predicted octanol–water partition coefficient (Wildman–Crippen LogP) is 5.82. The molecule has 28 heavy (non-hydrogen) atoms. The molecule has 0 fully saturated rings. The lowest BCUT2D eigenvalue weighted by Crippen LogP contribution is -2.10. The molecule has 1 aromatic heterocycles. The van der Waals surface area contributed by atoms with E-state index >= 15 is 0 Å². The molecule has 0 aliphatic heterocycles. The largest absolute Gasteiger partial charge is 0.397 e. The SMILES string of the molecule is CNc1cc(-c2ccc3nc(-c4cccc(C(C)(C)C)c4)[nH]c3c2)ccc1N. The van der Waals surface area contributed by atoms with E-state index < -0.39 is 0 Å². The molecule has 4 N–H and O–H groups in total. The fourth-order valence-electron chi connectivity index (χ4n) is 3.41. The van der Waals surface area contributed by atoms with Gasteiger partial charge in [-0.25, -0.2) is 4.98 Å². The van der Waals surface area contributed by atoms with Crippen LogP contribution in [0.3, 0.4) is 0 Å². The number of hydrogen-bond acceptors (Lipinski definition) is 3. The van der Waals surface area contributed by atoms with Crippen LogP contribution in [0.15, 0.2) is 60.7 Å². The molecule has 0 aliphatic carbocycles. The summed E-state index contributed by atoms with van der Waals surface area (Å²) in [6.45, 7) is 6.68. The number of aromatic nitrogens is 2. The van der Waals surface area contributed by atoms with E-state index in [1.165, 1.54) is 5.56 Å². The first-order chi connectivity index (χ1) is 13.3. The summed E-state index contributed by atoms with van der Waals surface area (Å²) in [6.07, 6.45) is 0. The molecule has 4 nitrogen and oxygen atoms in total. The predicted molar refractivity (Wildman–Crippen MR) is 120 cm³/mol. The molecule has 0 spiro atoms. The standard InChI is InChI=1S/C24H26N4/c1-24(2,3)18-7-5-6-17(12-18)23-27-20-11-9-16(14-22(20)28-23)15-8-10-19(25)21(13-15)26-4/h5-14,26H,25H2,1-4H3,(H,27,28). The highest BCUT2D eigenvalue weighted by atomic mass is 14.9. The van der Waals surface area contributed by atoms with Gasteiger partial charge in [-0.05, 0) is 52.4 Å². The van der Waals surface area contributed by atoms with Crippen molar-refractivity contribution in [1.29, 1.82) is 0 Å². The van der Waals surface area contributed by atoms with Crippen LogP contribution in [0.25, 0.3) is 33.5 Å². The second-order valence-electron chi connectivity index (χ2n) is 8.20. The molecule has 0 saturated carbocycles. The van der Waals surface area contributed by atoms with E-state index in [4.69, 9.17) is 10.7 Å². The Morgan fingerprint density at radius 1 is 0.893 bits per heavy atom. The maximum absolute atomic E-state index is 6.00. The van der Waals surface area contributed by atoms with Crippen molar-refractivity contribution in [3.8, 4) is 22.5 Å². The zero-order valence-corrected chi connectivity index (χ0v) is 16.8. The Hall–Kier alpha value is -3.27. The number of H-pyrrole nitrogens is 1. The topological polar surface area (TPSA) is 66.7 Å². The van der Waals surface area contributed by atoms with Crippen molar-refractivity contribution in [2.45, 2.75) is 26.2 Å². The number of benzene rings is 3. The first-order valence-corrected chi connectivity index (χ1v) is 9.53. The van der Waals surface area contributed by atoms with Crippen molar-refractivity contribution in [2.75, 3.05) is 18.1 Å². The van der Waals surface area contributed by atoms with Crippen LogP contribution in [0.5, 0.6) is 0 Å². The van der Waals surface area contributed by atoms with Gasteiger partial charge in [-0.1, -0.05) is 51.1 Å². The van der Waals surface area contributed by atoms with Crippen LogP contribution in [0.2, 0.25) is 0 Å². The quantitative estimate of drug-likeness (QED) is 0.398. The van der Waals surface area contributed by atoms with E-state index in [1.54, 1.807) is 0 Å². The third-order valence-electron chi connectivity index (χ3n) is 5.14. The van der Waals surface area contributed by atoms with Crippen LogP contribution in [0.1, 0.15) is 26.3 Å². The summed E-state index contributed by atoms with van der Waals surface area (Å²) in [6, 6.07) is 20.9. The summed E-state index contributed by atoms with van der Waals surface area (Å²) in [5.41, 5.74) is 14.4. The number of anilines is 2. The molecule has 4 heteroatoms. The van der Waals surface area contributed by atoms with Crippen LogP contribution >= 0.6 is 0 Å². The normalized spacial score (nSPS) is 11.7. The summed E-state index contributed by atoms with van der Waals surface area (Å²) in [7, 11) is 1.88. The highest BCUT2D eigenvalue weighted by molar-refractivity contribution is 5.86. The Labute approximate surface area is 165 Å². The summed E-state index contributed by atoms with van der Waals surface area (Å²) >= 11 is 0. The molecule has 1 heterocycles. The second-order valence-corrected chi connectivity index (χ2v) is 8.20. The van der Waals surface area contributed by atoms with Gasteiger partial charge in [0.1, 0.15) is 5.82 Å². The highest BCUT2D eigenvalue weighted by Crippen LogP contribution is 2.31. The van der Waals surface area contributed by atoms with Crippen molar-refractivity contribution in [2.24, 2.45) is 0 Å². The second kappa shape index (κ2) is 6.71. The van der Waals surface area contributed by atoms with Gasteiger partial charge in [0, 0.05) is 12.6 Å². The van der Waals surface area contributed by atoms with Crippen LogP contribution in [-0.2, 0) is 5.41 Å². The molecule has 4 rings (SSSR count). The van der Waals surface area contributed by atoms with Gasteiger partial charge in [0.05, 0.1) is 22.4 Å². The zero-order chi connectivity index (χ0) is 19.9. The maximum atomic E-state index is 6.00. The van der Waals surface area contributed by atoms with Crippen molar-refractivity contribution in [3.63, 3.8) is 0 Å². The Kier molecular flexibility index (Phi) is 4.34. The minimum atomic E-state index is 0.107. The lowest BCUT2D eigenvalue weighted by atomic mass is 9.86. The summed E-state index contributed by atoms with van der Waals surface area (Å²) < 4.78 is 0. The lowest BCUT2D eigenvalue weighted by molar-refractivity contribution is 0.590. The first kappa shape index (κ1) is 18.1. The monoisotopic (exact) mass is 370 g/mol. The number of nitrogen functional groups attached to an aromatic ring is 1. The molecule has 4 aromatic rings. The Morgan fingerprint density at radius 2 is 1.64 bits per heavy atom. The van der Waals surface area contributed by atoms with Gasteiger partial charge in [0.2, 0.25) is 0 Å². The van der Waals surface area contributed by atoms with Gasteiger partial charge in [-0.3, -0.25) is 0 Å². The number of hydrogen-bond donors (Lipinski definition) is 3. The molecular formula is C24H26N4. The van der Waals surface area contributed by atoms with Crippen LogP contribution in [-0.4, -0.2) is 17.0 Å². The molecule has 0 atom stereocenters. The number of rotatable bonds is 3. The summed E-state index contributed by atoms with van der Waals surface area (Å²) in [5.74, 6) is 0.895. The average molecular weight is 371 g/mol. The first-order valence-electron chi connectivity index (χ1n) is 9.53. The van der Waals surface area contributed by atoms with Gasteiger partial charge in [-0.2, -0.15) is 0 Å². The molecule has 0 aliphatic rings. The molecule has 0 amide bonds. The zero-order valence-electron chi connectivity index (χ0n) is 16.8. The number of aromatic amines is 1. The van der Waals surface area contributed by atoms with Crippen LogP contribution < -0.4 is 11.1 Å². The summed E-state index contributed by atoms with van der Waals surface area (Å²) in [4.78, 5) is 8.29. The molecule has 3 aromatic carbocycles.